The Morgan fingerprint density at radius 3 is 2.42 bits per heavy atom. The maximum absolute atomic E-state index is 5.36. The van der Waals surface area contributed by atoms with E-state index in [0.29, 0.717) is 29.6 Å². The summed E-state index contributed by atoms with van der Waals surface area (Å²) in [5, 5.41) is 11.8. The number of aromatic nitrogens is 3. The Kier molecular flexibility index (Phi) is 3.77. The van der Waals surface area contributed by atoms with Gasteiger partial charge in [0.15, 0.2) is 11.6 Å². The van der Waals surface area contributed by atoms with Crippen LogP contribution in [0.15, 0.2) is 76.0 Å². The summed E-state index contributed by atoms with van der Waals surface area (Å²) in [4.78, 5) is 4.57. The fourth-order valence-corrected chi connectivity index (χ4v) is 2.33. The molecule has 0 aliphatic heterocycles. The number of hydrogen-bond donors (Lipinski definition) is 1. The molecule has 3 aromatic heterocycles. The number of furan rings is 2. The lowest BCUT2D eigenvalue weighted by atomic mass is 10.1. The largest absolute Gasteiger partial charge is 0.467 e. The van der Waals surface area contributed by atoms with Crippen molar-refractivity contribution in [1.29, 1.82) is 0 Å². The van der Waals surface area contributed by atoms with Gasteiger partial charge < -0.3 is 14.2 Å². The van der Waals surface area contributed by atoms with Crippen LogP contribution in [0.25, 0.3) is 22.8 Å². The molecule has 0 amide bonds. The number of benzene rings is 1. The Morgan fingerprint density at radius 1 is 0.833 bits per heavy atom. The first-order valence-electron chi connectivity index (χ1n) is 7.50. The van der Waals surface area contributed by atoms with Gasteiger partial charge in [-0.2, -0.15) is 0 Å². The SMILES string of the molecule is c1ccc(-c2nnc(-c3ccco3)nc2NCc2ccco2)cc1. The van der Waals surface area contributed by atoms with Gasteiger partial charge in [0.05, 0.1) is 19.1 Å². The summed E-state index contributed by atoms with van der Waals surface area (Å²) < 4.78 is 10.7. The van der Waals surface area contributed by atoms with Crippen molar-refractivity contribution in [2.75, 3.05) is 5.32 Å². The minimum Gasteiger partial charge on any atom is -0.467 e. The van der Waals surface area contributed by atoms with E-state index < -0.39 is 0 Å². The van der Waals surface area contributed by atoms with Gasteiger partial charge in [0, 0.05) is 5.56 Å². The Morgan fingerprint density at radius 2 is 1.67 bits per heavy atom. The van der Waals surface area contributed by atoms with Crippen LogP contribution in [-0.2, 0) is 6.54 Å². The van der Waals surface area contributed by atoms with Crippen LogP contribution in [-0.4, -0.2) is 15.2 Å². The fourth-order valence-electron chi connectivity index (χ4n) is 2.33. The van der Waals surface area contributed by atoms with E-state index in [1.165, 1.54) is 0 Å². The molecule has 0 fully saturated rings. The molecule has 0 saturated heterocycles. The number of anilines is 1. The van der Waals surface area contributed by atoms with Crippen LogP contribution >= 0.6 is 0 Å². The van der Waals surface area contributed by atoms with Gasteiger partial charge in [0.25, 0.3) is 0 Å². The molecule has 6 heteroatoms. The molecule has 1 aromatic carbocycles. The topological polar surface area (TPSA) is 77.0 Å². The first kappa shape index (κ1) is 14.2. The second-order valence-corrected chi connectivity index (χ2v) is 5.11. The van der Waals surface area contributed by atoms with Crippen LogP contribution in [0.3, 0.4) is 0 Å². The third kappa shape index (κ3) is 2.89. The highest BCUT2D eigenvalue weighted by Gasteiger charge is 2.14. The van der Waals surface area contributed by atoms with Crippen molar-refractivity contribution in [3.8, 4) is 22.8 Å². The molecule has 4 aromatic rings. The van der Waals surface area contributed by atoms with Gasteiger partial charge in [-0.05, 0) is 24.3 Å². The summed E-state index contributed by atoms with van der Waals surface area (Å²) in [5.74, 6) is 2.44. The van der Waals surface area contributed by atoms with Gasteiger partial charge in [-0.3, -0.25) is 0 Å². The van der Waals surface area contributed by atoms with Crippen molar-refractivity contribution < 1.29 is 8.83 Å². The molecule has 0 bridgehead atoms. The molecule has 3 heterocycles. The number of nitrogens with one attached hydrogen (secondary N) is 1. The van der Waals surface area contributed by atoms with Gasteiger partial charge in [0.1, 0.15) is 11.5 Å². The molecular weight excluding hydrogens is 304 g/mol. The summed E-state index contributed by atoms with van der Waals surface area (Å²) in [5.41, 5.74) is 1.61. The summed E-state index contributed by atoms with van der Waals surface area (Å²) in [6.07, 6.45) is 3.22. The van der Waals surface area contributed by atoms with Gasteiger partial charge in [-0.15, -0.1) is 10.2 Å². The van der Waals surface area contributed by atoms with Crippen LogP contribution in [0.2, 0.25) is 0 Å². The lowest BCUT2D eigenvalue weighted by Crippen LogP contribution is -2.06. The monoisotopic (exact) mass is 318 g/mol. The fraction of sp³-hybridized carbons (Fsp3) is 0.0556. The third-order valence-corrected chi connectivity index (χ3v) is 3.49. The van der Waals surface area contributed by atoms with E-state index in [1.807, 2.05) is 42.5 Å². The van der Waals surface area contributed by atoms with Crippen molar-refractivity contribution in [2.24, 2.45) is 0 Å². The van der Waals surface area contributed by atoms with Crippen LogP contribution < -0.4 is 5.32 Å². The highest BCUT2D eigenvalue weighted by molar-refractivity contribution is 5.72. The van der Waals surface area contributed by atoms with Gasteiger partial charge >= 0.3 is 0 Å². The maximum Gasteiger partial charge on any atom is 0.219 e. The zero-order valence-corrected chi connectivity index (χ0v) is 12.7. The average Bonchev–Trinajstić information content (AvgIpc) is 3.34. The molecule has 0 radical (unpaired) electrons. The molecule has 118 valence electrons. The normalized spacial score (nSPS) is 10.7. The second kappa shape index (κ2) is 6.37. The van der Waals surface area contributed by atoms with Gasteiger partial charge in [0.2, 0.25) is 5.82 Å². The summed E-state index contributed by atoms with van der Waals surface area (Å²) in [6, 6.07) is 17.1. The highest BCUT2D eigenvalue weighted by Crippen LogP contribution is 2.26. The molecule has 0 unspecified atom stereocenters. The maximum atomic E-state index is 5.36. The highest BCUT2D eigenvalue weighted by atomic mass is 16.3. The van der Waals surface area contributed by atoms with Gasteiger partial charge in [-0.1, -0.05) is 30.3 Å². The molecule has 0 saturated carbocycles. The summed E-state index contributed by atoms with van der Waals surface area (Å²) in [6.45, 7) is 0.503. The van der Waals surface area contributed by atoms with E-state index in [4.69, 9.17) is 8.83 Å². The van der Waals surface area contributed by atoms with Crippen LogP contribution in [0, 0.1) is 0 Å². The molecule has 0 aliphatic rings. The molecule has 24 heavy (non-hydrogen) atoms. The van der Waals surface area contributed by atoms with Crippen molar-refractivity contribution in [3.05, 3.63) is 72.9 Å². The van der Waals surface area contributed by atoms with Crippen molar-refractivity contribution in [2.45, 2.75) is 6.54 Å². The zero-order chi connectivity index (χ0) is 16.2. The Hall–Kier alpha value is -3.41. The number of nitrogens with zero attached hydrogens (tertiary/aromatic N) is 3. The van der Waals surface area contributed by atoms with E-state index in [-0.39, 0.29) is 0 Å². The molecule has 4 rings (SSSR count). The Balaban J connectivity index is 1.72. The third-order valence-electron chi connectivity index (χ3n) is 3.49. The molecular formula is C18H14N4O2. The van der Waals surface area contributed by atoms with E-state index in [1.54, 1.807) is 24.7 Å². The quantitative estimate of drug-likeness (QED) is 0.599. The predicted octanol–water partition coefficient (Wildman–Crippen LogP) is 4.00. The first-order chi connectivity index (χ1) is 11.9. The lowest BCUT2D eigenvalue weighted by Gasteiger charge is -2.10. The van der Waals surface area contributed by atoms with Crippen LogP contribution in [0.1, 0.15) is 5.76 Å². The van der Waals surface area contributed by atoms with E-state index in [2.05, 4.69) is 20.5 Å². The summed E-state index contributed by atoms with van der Waals surface area (Å²) >= 11 is 0. The molecule has 0 aliphatic carbocycles. The minimum absolute atomic E-state index is 0.432. The molecule has 6 nitrogen and oxygen atoms in total. The van der Waals surface area contributed by atoms with Crippen molar-refractivity contribution in [1.82, 2.24) is 15.2 Å². The van der Waals surface area contributed by atoms with Crippen LogP contribution in [0.4, 0.5) is 5.82 Å². The van der Waals surface area contributed by atoms with E-state index in [9.17, 15) is 0 Å². The lowest BCUT2D eigenvalue weighted by molar-refractivity contribution is 0.517. The predicted molar refractivity (Wildman–Crippen MR) is 89.0 cm³/mol. The molecule has 1 N–H and O–H groups in total. The van der Waals surface area contributed by atoms with Crippen molar-refractivity contribution in [3.63, 3.8) is 0 Å². The van der Waals surface area contributed by atoms with E-state index in [0.717, 1.165) is 11.3 Å². The average molecular weight is 318 g/mol. The molecule has 0 spiro atoms. The second-order valence-electron chi connectivity index (χ2n) is 5.11. The van der Waals surface area contributed by atoms with E-state index >= 15 is 0 Å². The number of hydrogen-bond acceptors (Lipinski definition) is 6. The van der Waals surface area contributed by atoms with Crippen LogP contribution in [0.5, 0.6) is 0 Å². The van der Waals surface area contributed by atoms with Gasteiger partial charge in [-0.25, -0.2) is 4.98 Å². The first-order valence-corrected chi connectivity index (χ1v) is 7.50. The summed E-state index contributed by atoms with van der Waals surface area (Å²) in [7, 11) is 0. The van der Waals surface area contributed by atoms with Crippen molar-refractivity contribution >= 4 is 5.82 Å². The Labute approximate surface area is 138 Å². The number of rotatable bonds is 5. The molecule has 0 atom stereocenters. The standard InChI is InChI=1S/C18H14N4O2/c1-2-6-13(7-3-1)16-18(19-12-14-8-4-10-23-14)20-17(22-21-16)15-9-5-11-24-15/h1-11H,12H2,(H,19,20,22). The zero-order valence-electron chi connectivity index (χ0n) is 12.7. The smallest absolute Gasteiger partial charge is 0.219 e. The Bertz CT molecular complexity index is 904. The minimum atomic E-state index is 0.432.